The molecule has 11 rings (SSSR count). The number of hydrogen-bond acceptors (Lipinski definition) is 3. The lowest BCUT2D eigenvalue weighted by Crippen LogP contribution is -2.16. The molecule has 9 aromatic rings. The van der Waals surface area contributed by atoms with Crippen LogP contribution in [0.3, 0.4) is 0 Å². The second-order valence-electron chi connectivity index (χ2n) is 15.1. The summed E-state index contributed by atoms with van der Waals surface area (Å²) in [4.78, 5) is 14.5. The molecule has 2 aliphatic rings. The standard InChI is InChI=1S/C51H35N3/c1-51(2)44-18-8-7-15-43(44)49-48(51)46(47-35-12-4-3-11-31(35)23-28-45(47)54-49)33-21-19-32(20-22-33)34-24-25-40(37-14-6-5-13-36(34)37)41-26-27-42(39-17-9-16-38(39)41)50-52-29-10-30-53-50/h3-16,18-30H,17H2,1-2H3. The summed E-state index contributed by atoms with van der Waals surface area (Å²) in [7, 11) is 0. The number of hydrogen-bond donors (Lipinski definition) is 0. The van der Waals surface area contributed by atoms with E-state index in [1.165, 1.54) is 88.1 Å². The van der Waals surface area contributed by atoms with Gasteiger partial charge in [-0.3, -0.25) is 0 Å². The molecule has 0 saturated heterocycles. The van der Waals surface area contributed by atoms with Crippen LogP contribution >= 0.6 is 0 Å². The molecule has 0 saturated carbocycles. The maximum atomic E-state index is 5.39. The Morgan fingerprint density at radius 2 is 1.20 bits per heavy atom. The number of benzene rings is 7. The highest BCUT2D eigenvalue weighted by atomic mass is 14.9. The van der Waals surface area contributed by atoms with E-state index in [4.69, 9.17) is 4.98 Å². The molecule has 0 N–H and O–H groups in total. The molecule has 2 aromatic heterocycles. The third-order valence-electron chi connectivity index (χ3n) is 11.8. The molecule has 254 valence electrons. The van der Waals surface area contributed by atoms with Gasteiger partial charge in [-0.05, 0) is 95.7 Å². The summed E-state index contributed by atoms with van der Waals surface area (Å²) in [6.07, 6.45) is 9.03. The fraction of sp³-hybridized carbons (Fsp3) is 0.0784. The molecule has 3 nitrogen and oxygen atoms in total. The van der Waals surface area contributed by atoms with E-state index in [0.717, 1.165) is 29.0 Å². The van der Waals surface area contributed by atoms with Crippen molar-refractivity contribution >= 4 is 38.5 Å². The Bertz CT molecular complexity index is 3030. The Morgan fingerprint density at radius 1 is 0.537 bits per heavy atom. The molecule has 0 atom stereocenters. The lowest BCUT2D eigenvalue weighted by atomic mass is 9.78. The fourth-order valence-electron chi connectivity index (χ4n) is 9.35. The van der Waals surface area contributed by atoms with Crippen LogP contribution in [0.1, 0.15) is 36.1 Å². The van der Waals surface area contributed by atoms with Crippen LogP contribution in [-0.2, 0) is 11.8 Å². The van der Waals surface area contributed by atoms with Crippen LogP contribution in [-0.4, -0.2) is 15.0 Å². The Hall–Kier alpha value is -6.71. The van der Waals surface area contributed by atoms with Gasteiger partial charge in [-0.1, -0.05) is 153 Å². The van der Waals surface area contributed by atoms with Gasteiger partial charge in [0.25, 0.3) is 0 Å². The van der Waals surface area contributed by atoms with Crippen molar-refractivity contribution in [1.82, 2.24) is 15.0 Å². The van der Waals surface area contributed by atoms with Gasteiger partial charge < -0.3 is 0 Å². The van der Waals surface area contributed by atoms with E-state index in [-0.39, 0.29) is 5.41 Å². The van der Waals surface area contributed by atoms with Crippen LogP contribution in [0.2, 0.25) is 0 Å². The molecular formula is C51H35N3. The highest BCUT2D eigenvalue weighted by molar-refractivity contribution is 6.16. The van der Waals surface area contributed by atoms with Crippen LogP contribution in [0.4, 0.5) is 0 Å². The second kappa shape index (κ2) is 11.6. The van der Waals surface area contributed by atoms with Gasteiger partial charge in [-0.15, -0.1) is 0 Å². The number of aromatic nitrogens is 3. The fourth-order valence-corrected chi connectivity index (χ4v) is 9.35. The van der Waals surface area contributed by atoms with E-state index < -0.39 is 0 Å². The van der Waals surface area contributed by atoms with Crippen molar-refractivity contribution < 1.29 is 0 Å². The summed E-state index contributed by atoms with van der Waals surface area (Å²) in [6.45, 7) is 4.71. The minimum absolute atomic E-state index is 0.203. The van der Waals surface area contributed by atoms with Crippen molar-refractivity contribution in [3.05, 3.63) is 180 Å². The monoisotopic (exact) mass is 689 g/mol. The zero-order valence-electron chi connectivity index (χ0n) is 30.1. The summed E-state index contributed by atoms with van der Waals surface area (Å²) in [5.41, 5.74) is 16.9. The number of allylic oxidation sites excluding steroid dienone is 1. The summed E-state index contributed by atoms with van der Waals surface area (Å²) >= 11 is 0. The van der Waals surface area contributed by atoms with Crippen molar-refractivity contribution in [3.8, 4) is 56.0 Å². The van der Waals surface area contributed by atoms with Gasteiger partial charge in [-0.2, -0.15) is 0 Å². The molecule has 0 bridgehead atoms. The van der Waals surface area contributed by atoms with E-state index in [9.17, 15) is 0 Å². The molecule has 2 aliphatic carbocycles. The molecule has 0 amide bonds. The zero-order valence-corrected chi connectivity index (χ0v) is 30.1. The van der Waals surface area contributed by atoms with Crippen LogP contribution in [0.25, 0.3) is 94.5 Å². The highest BCUT2D eigenvalue weighted by Gasteiger charge is 2.39. The van der Waals surface area contributed by atoms with Crippen LogP contribution in [0, 0.1) is 0 Å². The zero-order chi connectivity index (χ0) is 36.0. The summed E-state index contributed by atoms with van der Waals surface area (Å²) in [5, 5.41) is 6.18. The van der Waals surface area contributed by atoms with Gasteiger partial charge in [-0.25, -0.2) is 15.0 Å². The van der Waals surface area contributed by atoms with Gasteiger partial charge in [0.2, 0.25) is 0 Å². The minimum Gasteiger partial charge on any atom is -0.247 e. The Kier molecular flexibility index (Phi) is 6.66. The van der Waals surface area contributed by atoms with Gasteiger partial charge in [0.1, 0.15) is 0 Å². The smallest absolute Gasteiger partial charge is 0.159 e. The molecule has 0 spiro atoms. The lowest BCUT2D eigenvalue weighted by molar-refractivity contribution is 0.662. The van der Waals surface area contributed by atoms with E-state index in [2.05, 4.69) is 169 Å². The van der Waals surface area contributed by atoms with E-state index >= 15 is 0 Å². The lowest BCUT2D eigenvalue weighted by Gasteiger charge is -2.26. The summed E-state index contributed by atoms with van der Waals surface area (Å²) in [5.74, 6) is 0.777. The predicted molar refractivity (Wildman–Crippen MR) is 224 cm³/mol. The molecule has 0 unspecified atom stereocenters. The maximum absolute atomic E-state index is 5.39. The maximum Gasteiger partial charge on any atom is 0.159 e. The molecule has 0 radical (unpaired) electrons. The largest absolute Gasteiger partial charge is 0.247 e. The van der Waals surface area contributed by atoms with Crippen molar-refractivity contribution in [2.24, 2.45) is 0 Å². The van der Waals surface area contributed by atoms with Crippen molar-refractivity contribution in [3.63, 3.8) is 0 Å². The number of nitrogens with zero attached hydrogens (tertiary/aromatic N) is 3. The topological polar surface area (TPSA) is 38.7 Å². The predicted octanol–water partition coefficient (Wildman–Crippen LogP) is 12.9. The SMILES string of the molecule is CC1(C)c2ccccc2-c2nc3ccc4ccccc4c3c(-c3ccc(-c4ccc(-c5ccc(-c6ncccn6)c6c5C=CC6)c5ccccc45)cc3)c21. The van der Waals surface area contributed by atoms with Gasteiger partial charge in [0, 0.05) is 34.3 Å². The quantitative estimate of drug-likeness (QED) is 0.173. The molecule has 54 heavy (non-hydrogen) atoms. The molecule has 0 aliphatic heterocycles. The second-order valence-corrected chi connectivity index (χ2v) is 15.1. The first-order valence-electron chi connectivity index (χ1n) is 18.7. The van der Waals surface area contributed by atoms with Crippen LogP contribution in [0.15, 0.2) is 158 Å². The van der Waals surface area contributed by atoms with E-state index in [1.54, 1.807) is 0 Å². The summed E-state index contributed by atoms with van der Waals surface area (Å²) < 4.78 is 0. The van der Waals surface area contributed by atoms with Gasteiger partial charge >= 0.3 is 0 Å². The van der Waals surface area contributed by atoms with Crippen molar-refractivity contribution in [2.75, 3.05) is 0 Å². The Balaban J connectivity index is 1.07. The van der Waals surface area contributed by atoms with Crippen molar-refractivity contribution in [2.45, 2.75) is 25.7 Å². The summed E-state index contributed by atoms with van der Waals surface area (Å²) in [6, 6.07) is 51.0. The first-order valence-corrected chi connectivity index (χ1v) is 18.7. The molecular weight excluding hydrogens is 655 g/mol. The molecule has 0 fully saturated rings. The van der Waals surface area contributed by atoms with E-state index in [1.807, 2.05) is 18.5 Å². The molecule has 7 aromatic carbocycles. The molecule has 3 heteroatoms. The normalized spacial score (nSPS) is 13.7. The average Bonchev–Trinajstić information content (AvgIpc) is 3.81. The van der Waals surface area contributed by atoms with Gasteiger partial charge in [0.15, 0.2) is 5.82 Å². The Labute approximate surface area is 314 Å². The minimum atomic E-state index is -0.203. The Morgan fingerprint density at radius 3 is 2.04 bits per heavy atom. The van der Waals surface area contributed by atoms with Crippen LogP contribution in [0.5, 0.6) is 0 Å². The molecule has 2 heterocycles. The highest BCUT2D eigenvalue weighted by Crippen LogP contribution is 2.54. The van der Waals surface area contributed by atoms with Crippen LogP contribution < -0.4 is 0 Å². The average molecular weight is 690 g/mol. The van der Waals surface area contributed by atoms with Gasteiger partial charge in [0.05, 0.1) is 11.2 Å². The first-order chi connectivity index (χ1) is 26.6. The van der Waals surface area contributed by atoms with Crippen molar-refractivity contribution in [1.29, 1.82) is 0 Å². The third-order valence-corrected chi connectivity index (χ3v) is 11.8. The van der Waals surface area contributed by atoms with E-state index in [0.29, 0.717) is 0 Å². The third kappa shape index (κ3) is 4.45. The first kappa shape index (κ1) is 30.9. The number of rotatable bonds is 4. The number of pyridine rings is 1. The number of fused-ring (bicyclic) bond motifs is 8.